The molecule has 1 aromatic rings. The fraction of sp³-hybridized carbons (Fsp3) is 0.111. The second-order valence-electron chi connectivity index (χ2n) is 2.23. The van der Waals surface area contributed by atoms with E-state index in [0.29, 0.717) is 0 Å². The molecule has 0 atom stereocenters. The van der Waals surface area contributed by atoms with Crippen molar-refractivity contribution in [3.8, 4) is 0 Å². The number of benzene rings is 1. The summed E-state index contributed by atoms with van der Waals surface area (Å²) in [6, 6.07) is 7.94. The standard InChI is InChI=1S/C9H10O.W/c1-8-2-4-9(5-3-8)6-7-10;/h2-7,10H,1H3;/b7-6+;. The summed E-state index contributed by atoms with van der Waals surface area (Å²) in [5, 5.41) is 8.41. The Morgan fingerprint density at radius 1 is 1.18 bits per heavy atom. The van der Waals surface area contributed by atoms with Crippen LogP contribution in [0.25, 0.3) is 6.08 Å². The summed E-state index contributed by atoms with van der Waals surface area (Å²) in [5.74, 6) is 0. The van der Waals surface area contributed by atoms with Crippen LogP contribution in [0.3, 0.4) is 0 Å². The Balaban J connectivity index is 0.000001000. The van der Waals surface area contributed by atoms with Gasteiger partial charge >= 0.3 is 0 Å². The molecule has 0 radical (unpaired) electrons. The summed E-state index contributed by atoms with van der Waals surface area (Å²) >= 11 is 0. The van der Waals surface area contributed by atoms with Crippen molar-refractivity contribution in [2.24, 2.45) is 0 Å². The van der Waals surface area contributed by atoms with E-state index in [1.54, 1.807) is 6.08 Å². The molecule has 0 amide bonds. The van der Waals surface area contributed by atoms with Crippen LogP contribution >= 0.6 is 0 Å². The maximum atomic E-state index is 8.41. The predicted molar refractivity (Wildman–Crippen MR) is 42.8 cm³/mol. The Labute approximate surface area is 81.0 Å². The summed E-state index contributed by atoms with van der Waals surface area (Å²) in [4.78, 5) is 0. The zero-order valence-corrected chi connectivity index (χ0v) is 9.25. The van der Waals surface area contributed by atoms with Crippen LogP contribution in [0.2, 0.25) is 0 Å². The van der Waals surface area contributed by atoms with E-state index in [-0.39, 0.29) is 21.1 Å². The molecule has 0 aromatic heterocycles. The fourth-order valence-corrected chi connectivity index (χ4v) is 0.764. The maximum absolute atomic E-state index is 8.41. The molecule has 1 nitrogen and oxygen atoms in total. The Kier molecular flexibility index (Phi) is 4.89. The van der Waals surface area contributed by atoms with Crippen LogP contribution in [0.15, 0.2) is 30.5 Å². The van der Waals surface area contributed by atoms with E-state index in [9.17, 15) is 0 Å². The molecule has 0 aliphatic rings. The minimum absolute atomic E-state index is 0. The van der Waals surface area contributed by atoms with Crippen LogP contribution < -0.4 is 0 Å². The number of hydrogen-bond donors (Lipinski definition) is 1. The summed E-state index contributed by atoms with van der Waals surface area (Å²) in [5.41, 5.74) is 2.25. The van der Waals surface area contributed by atoms with Crippen molar-refractivity contribution < 1.29 is 26.2 Å². The first-order valence-corrected chi connectivity index (χ1v) is 3.20. The maximum Gasteiger partial charge on any atom is 0.0797 e. The van der Waals surface area contributed by atoms with Gasteiger partial charge in [0.25, 0.3) is 0 Å². The van der Waals surface area contributed by atoms with Gasteiger partial charge in [0.15, 0.2) is 0 Å². The van der Waals surface area contributed by atoms with Crippen LogP contribution in [0.4, 0.5) is 0 Å². The van der Waals surface area contributed by atoms with Gasteiger partial charge in [-0.05, 0) is 18.6 Å². The minimum atomic E-state index is 0. The molecule has 0 spiro atoms. The number of hydrogen-bond acceptors (Lipinski definition) is 1. The van der Waals surface area contributed by atoms with E-state index < -0.39 is 0 Å². The van der Waals surface area contributed by atoms with E-state index >= 15 is 0 Å². The quantitative estimate of drug-likeness (QED) is 0.789. The van der Waals surface area contributed by atoms with Crippen molar-refractivity contribution in [1.29, 1.82) is 0 Å². The fourth-order valence-electron chi connectivity index (χ4n) is 0.764. The van der Waals surface area contributed by atoms with Crippen LogP contribution in [-0.4, -0.2) is 5.11 Å². The van der Waals surface area contributed by atoms with Gasteiger partial charge in [-0.1, -0.05) is 29.8 Å². The Morgan fingerprint density at radius 3 is 2.18 bits per heavy atom. The van der Waals surface area contributed by atoms with Gasteiger partial charge in [0.05, 0.1) is 6.26 Å². The minimum Gasteiger partial charge on any atom is -0.516 e. The Hall–Kier alpha value is -0.552. The molecule has 0 saturated carbocycles. The van der Waals surface area contributed by atoms with Crippen molar-refractivity contribution in [3.63, 3.8) is 0 Å². The zero-order chi connectivity index (χ0) is 7.40. The second-order valence-corrected chi connectivity index (χ2v) is 2.23. The predicted octanol–water partition coefficient (Wildman–Crippen LogP) is 2.52. The molecule has 0 unspecified atom stereocenters. The normalized spacial score (nSPS) is 9.55. The first kappa shape index (κ1) is 10.4. The molecule has 1 rings (SSSR count). The van der Waals surface area contributed by atoms with Gasteiger partial charge in [-0.15, -0.1) is 0 Å². The molecule has 0 fully saturated rings. The van der Waals surface area contributed by atoms with Gasteiger partial charge in [0, 0.05) is 21.1 Å². The van der Waals surface area contributed by atoms with Crippen LogP contribution in [0, 0.1) is 6.92 Å². The van der Waals surface area contributed by atoms with Gasteiger partial charge in [0.1, 0.15) is 0 Å². The molecule has 58 valence electrons. The first-order chi connectivity index (χ1) is 4.83. The van der Waals surface area contributed by atoms with Crippen molar-refractivity contribution in [2.75, 3.05) is 0 Å². The van der Waals surface area contributed by atoms with Crippen molar-refractivity contribution in [1.82, 2.24) is 0 Å². The van der Waals surface area contributed by atoms with Crippen molar-refractivity contribution >= 4 is 6.08 Å². The molecular formula is C9H10OW. The third kappa shape index (κ3) is 3.38. The molecule has 2 heteroatoms. The second kappa shape index (κ2) is 5.15. The van der Waals surface area contributed by atoms with Crippen LogP contribution in [-0.2, 0) is 21.1 Å². The summed E-state index contributed by atoms with van der Waals surface area (Å²) in [6.45, 7) is 2.03. The molecule has 0 bridgehead atoms. The molecule has 11 heavy (non-hydrogen) atoms. The van der Waals surface area contributed by atoms with E-state index in [4.69, 9.17) is 5.11 Å². The number of aliphatic hydroxyl groups excluding tert-OH is 1. The molecule has 0 aliphatic heterocycles. The molecule has 0 saturated heterocycles. The summed E-state index contributed by atoms with van der Waals surface area (Å²) in [6.07, 6.45) is 2.70. The number of aliphatic hydroxyl groups is 1. The third-order valence-corrected chi connectivity index (χ3v) is 1.34. The third-order valence-electron chi connectivity index (χ3n) is 1.34. The number of rotatable bonds is 1. The van der Waals surface area contributed by atoms with Crippen LogP contribution in [0.5, 0.6) is 0 Å². The molecule has 1 aromatic carbocycles. The first-order valence-electron chi connectivity index (χ1n) is 3.20. The van der Waals surface area contributed by atoms with E-state index in [0.717, 1.165) is 11.8 Å². The average molecular weight is 318 g/mol. The molecule has 0 heterocycles. The molecular weight excluding hydrogens is 308 g/mol. The SMILES string of the molecule is Cc1ccc(/C=C/O)cc1.[W]. The van der Waals surface area contributed by atoms with E-state index in [2.05, 4.69) is 0 Å². The van der Waals surface area contributed by atoms with E-state index in [1.807, 2.05) is 31.2 Å². The molecule has 0 aliphatic carbocycles. The zero-order valence-electron chi connectivity index (χ0n) is 6.32. The van der Waals surface area contributed by atoms with Gasteiger partial charge in [-0.3, -0.25) is 0 Å². The van der Waals surface area contributed by atoms with Gasteiger partial charge in [-0.2, -0.15) is 0 Å². The largest absolute Gasteiger partial charge is 0.516 e. The van der Waals surface area contributed by atoms with Gasteiger partial charge in [-0.25, -0.2) is 0 Å². The monoisotopic (exact) mass is 318 g/mol. The topological polar surface area (TPSA) is 20.2 Å². The van der Waals surface area contributed by atoms with Crippen LogP contribution in [0.1, 0.15) is 11.1 Å². The number of aryl methyl sites for hydroxylation is 1. The summed E-state index contributed by atoms with van der Waals surface area (Å²) < 4.78 is 0. The Morgan fingerprint density at radius 2 is 1.73 bits per heavy atom. The van der Waals surface area contributed by atoms with E-state index in [1.165, 1.54) is 5.56 Å². The Bertz CT molecular complexity index is 226. The van der Waals surface area contributed by atoms with Crippen molar-refractivity contribution in [2.45, 2.75) is 6.92 Å². The summed E-state index contributed by atoms with van der Waals surface area (Å²) in [7, 11) is 0. The smallest absolute Gasteiger partial charge is 0.0797 e. The van der Waals surface area contributed by atoms with Gasteiger partial charge in [0.2, 0.25) is 0 Å². The van der Waals surface area contributed by atoms with Crippen molar-refractivity contribution in [3.05, 3.63) is 41.7 Å². The molecule has 1 N–H and O–H groups in total. The van der Waals surface area contributed by atoms with Gasteiger partial charge < -0.3 is 5.11 Å². The average Bonchev–Trinajstić information content (AvgIpc) is 1.95.